The maximum Gasteiger partial charge on any atom is 0.216 e. The first-order valence-corrected chi connectivity index (χ1v) is 5.49. The highest BCUT2D eigenvalue weighted by Gasteiger charge is 2.06. The molecule has 0 unspecified atom stereocenters. The molecular weight excluding hydrogens is 234 g/mol. The number of nitrogen functional groups attached to an aromatic ring is 1. The molecule has 0 aromatic carbocycles. The number of rotatable bonds is 5. The number of fused-ring (bicyclic) bond motifs is 1. The molecule has 0 spiro atoms. The summed E-state index contributed by atoms with van der Waals surface area (Å²) in [5.41, 5.74) is 3.19. The zero-order chi connectivity index (χ0) is 13.0. The van der Waals surface area contributed by atoms with Crippen molar-refractivity contribution in [1.82, 2.24) is 19.7 Å². The average molecular weight is 249 g/mol. The van der Waals surface area contributed by atoms with Gasteiger partial charge >= 0.3 is 0 Å². The first-order chi connectivity index (χ1) is 8.70. The predicted molar refractivity (Wildman–Crippen MR) is 68.0 cm³/mol. The van der Waals surface area contributed by atoms with Crippen LogP contribution in [0.2, 0.25) is 0 Å². The lowest BCUT2D eigenvalue weighted by Gasteiger charge is -2.09. The Morgan fingerprint density at radius 1 is 1.50 bits per heavy atom. The van der Waals surface area contributed by atoms with Gasteiger partial charge in [-0.3, -0.25) is 4.79 Å². The van der Waals surface area contributed by atoms with E-state index in [2.05, 4.69) is 26.0 Å². The molecule has 8 heteroatoms. The summed E-state index contributed by atoms with van der Waals surface area (Å²) in [6.45, 7) is 2.55. The minimum atomic E-state index is -0.0620. The lowest BCUT2D eigenvalue weighted by Crippen LogP contribution is -2.26. The van der Waals surface area contributed by atoms with E-state index >= 15 is 0 Å². The van der Waals surface area contributed by atoms with Gasteiger partial charge in [-0.05, 0) is 0 Å². The Kier molecular flexibility index (Phi) is 3.58. The van der Waals surface area contributed by atoms with Gasteiger partial charge in [0, 0.05) is 32.4 Å². The monoisotopic (exact) mass is 249 g/mol. The SMILES string of the molecule is CC(=O)NCCNc1nc(NN)cn2ccnc12. The summed E-state index contributed by atoms with van der Waals surface area (Å²) in [5.74, 6) is 6.42. The Labute approximate surface area is 104 Å². The number of hydrogen-bond donors (Lipinski definition) is 4. The molecule has 5 N–H and O–H groups in total. The molecular formula is C10H15N7O. The van der Waals surface area contributed by atoms with E-state index in [9.17, 15) is 4.79 Å². The zero-order valence-corrected chi connectivity index (χ0v) is 9.97. The van der Waals surface area contributed by atoms with Crippen molar-refractivity contribution in [2.45, 2.75) is 6.92 Å². The molecule has 8 nitrogen and oxygen atoms in total. The van der Waals surface area contributed by atoms with Gasteiger partial charge in [-0.15, -0.1) is 0 Å². The molecule has 1 amide bonds. The summed E-state index contributed by atoms with van der Waals surface area (Å²) in [6, 6.07) is 0. The van der Waals surface area contributed by atoms with Crippen LogP contribution in [-0.4, -0.2) is 33.4 Å². The number of nitrogens with one attached hydrogen (secondary N) is 3. The minimum Gasteiger partial charge on any atom is -0.365 e. The summed E-state index contributed by atoms with van der Waals surface area (Å²) >= 11 is 0. The maximum atomic E-state index is 10.7. The van der Waals surface area contributed by atoms with Gasteiger partial charge < -0.3 is 20.5 Å². The van der Waals surface area contributed by atoms with Crippen LogP contribution in [0, 0.1) is 0 Å². The van der Waals surface area contributed by atoms with Crippen LogP contribution in [0.1, 0.15) is 6.92 Å². The second-order valence-electron chi connectivity index (χ2n) is 3.69. The Balaban J connectivity index is 2.10. The van der Waals surface area contributed by atoms with Gasteiger partial charge in [-0.2, -0.15) is 0 Å². The second-order valence-corrected chi connectivity index (χ2v) is 3.69. The molecule has 2 rings (SSSR count). The highest BCUT2D eigenvalue weighted by Crippen LogP contribution is 2.15. The smallest absolute Gasteiger partial charge is 0.216 e. The van der Waals surface area contributed by atoms with Gasteiger partial charge in [-0.25, -0.2) is 15.8 Å². The third kappa shape index (κ3) is 2.66. The highest BCUT2D eigenvalue weighted by atomic mass is 16.1. The largest absolute Gasteiger partial charge is 0.365 e. The van der Waals surface area contributed by atoms with Crippen LogP contribution in [0.4, 0.5) is 11.6 Å². The third-order valence-electron chi connectivity index (χ3n) is 2.31. The fraction of sp³-hybridized carbons (Fsp3) is 0.300. The molecule has 0 bridgehead atoms. The van der Waals surface area contributed by atoms with Crippen molar-refractivity contribution in [3.05, 3.63) is 18.6 Å². The molecule has 0 saturated carbocycles. The van der Waals surface area contributed by atoms with Gasteiger partial charge in [0.15, 0.2) is 17.3 Å². The molecule has 0 fully saturated rings. The number of anilines is 2. The molecule has 2 heterocycles. The van der Waals surface area contributed by atoms with Crippen LogP contribution >= 0.6 is 0 Å². The number of aromatic nitrogens is 3. The Hall–Kier alpha value is -2.35. The molecule has 2 aromatic heterocycles. The molecule has 0 aliphatic carbocycles. The number of imidazole rings is 1. The first-order valence-electron chi connectivity index (χ1n) is 5.49. The average Bonchev–Trinajstić information content (AvgIpc) is 2.82. The van der Waals surface area contributed by atoms with Crippen LogP contribution in [0.5, 0.6) is 0 Å². The molecule has 0 saturated heterocycles. The van der Waals surface area contributed by atoms with E-state index in [1.807, 2.05) is 4.40 Å². The van der Waals surface area contributed by atoms with Gasteiger partial charge in [0.25, 0.3) is 0 Å². The van der Waals surface area contributed by atoms with Crippen molar-refractivity contribution in [2.24, 2.45) is 5.84 Å². The number of amides is 1. The lowest BCUT2D eigenvalue weighted by atomic mass is 10.5. The van der Waals surface area contributed by atoms with E-state index in [4.69, 9.17) is 5.84 Å². The maximum absolute atomic E-state index is 10.7. The predicted octanol–water partition coefficient (Wildman–Crippen LogP) is -0.437. The summed E-state index contributed by atoms with van der Waals surface area (Å²) < 4.78 is 1.81. The summed E-state index contributed by atoms with van der Waals surface area (Å²) in [5, 5.41) is 5.79. The number of nitrogens with two attached hydrogens (primary N) is 1. The fourth-order valence-electron chi connectivity index (χ4n) is 1.54. The van der Waals surface area contributed by atoms with Crippen LogP contribution in [0.3, 0.4) is 0 Å². The molecule has 0 atom stereocenters. The van der Waals surface area contributed by atoms with E-state index in [0.29, 0.717) is 30.4 Å². The first kappa shape index (κ1) is 12.1. The molecule has 0 radical (unpaired) electrons. The Morgan fingerprint density at radius 3 is 3.06 bits per heavy atom. The molecule has 18 heavy (non-hydrogen) atoms. The Morgan fingerprint density at radius 2 is 2.33 bits per heavy atom. The summed E-state index contributed by atoms with van der Waals surface area (Å²) in [6.07, 6.45) is 5.22. The van der Waals surface area contributed by atoms with Gasteiger partial charge in [0.1, 0.15) is 0 Å². The third-order valence-corrected chi connectivity index (χ3v) is 2.31. The van der Waals surface area contributed by atoms with Crippen molar-refractivity contribution < 1.29 is 4.79 Å². The van der Waals surface area contributed by atoms with Crippen molar-refractivity contribution in [3.63, 3.8) is 0 Å². The molecule has 96 valence electrons. The normalized spacial score (nSPS) is 10.3. The summed E-state index contributed by atoms with van der Waals surface area (Å²) in [7, 11) is 0. The van der Waals surface area contributed by atoms with E-state index in [1.165, 1.54) is 6.92 Å². The van der Waals surface area contributed by atoms with Gasteiger partial charge in [0.05, 0.1) is 6.20 Å². The fourth-order valence-corrected chi connectivity index (χ4v) is 1.54. The quantitative estimate of drug-likeness (QED) is 0.325. The second kappa shape index (κ2) is 5.32. The van der Waals surface area contributed by atoms with E-state index in [0.717, 1.165) is 0 Å². The van der Waals surface area contributed by atoms with E-state index < -0.39 is 0 Å². The lowest BCUT2D eigenvalue weighted by molar-refractivity contribution is -0.118. The van der Waals surface area contributed by atoms with Gasteiger partial charge in [0.2, 0.25) is 5.91 Å². The van der Waals surface area contributed by atoms with Crippen molar-refractivity contribution in [3.8, 4) is 0 Å². The van der Waals surface area contributed by atoms with Crippen molar-refractivity contribution >= 4 is 23.2 Å². The van der Waals surface area contributed by atoms with Crippen LogP contribution in [0.15, 0.2) is 18.6 Å². The van der Waals surface area contributed by atoms with Crippen molar-refractivity contribution in [1.29, 1.82) is 0 Å². The van der Waals surface area contributed by atoms with E-state index in [1.54, 1.807) is 18.6 Å². The highest BCUT2D eigenvalue weighted by molar-refractivity contribution is 5.72. The molecule has 2 aromatic rings. The number of nitrogens with zero attached hydrogens (tertiary/aromatic N) is 3. The van der Waals surface area contributed by atoms with Crippen LogP contribution in [0.25, 0.3) is 5.65 Å². The zero-order valence-electron chi connectivity index (χ0n) is 9.97. The van der Waals surface area contributed by atoms with Gasteiger partial charge in [-0.1, -0.05) is 0 Å². The molecule has 0 aliphatic heterocycles. The topological polar surface area (TPSA) is 109 Å². The number of hydrogen-bond acceptors (Lipinski definition) is 6. The summed E-state index contributed by atoms with van der Waals surface area (Å²) in [4.78, 5) is 19.2. The number of carbonyl (C=O) groups is 1. The molecule has 0 aliphatic rings. The minimum absolute atomic E-state index is 0.0620. The van der Waals surface area contributed by atoms with Crippen LogP contribution in [-0.2, 0) is 4.79 Å². The number of hydrazine groups is 1. The van der Waals surface area contributed by atoms with Crippen LogP contribution < -0.4 is 21.9 Å². The van der Waals surface area contributed by atoms with E-state index in [-0.39, 0.29) is 5.91 Å². The Bertz CT molecular complexity index is 550. The number of carbonyl (C=O) groups excluding carboxylic acids is 1. The van der Waals surface area contributed by atoms with Crippen molar-refractivity contribution in [2.75, 3.05) is 23.8 Å². The standard InChI is InChI=1S/C10H15N7O/c1-7(18)12-2-3-13-9-10-14-4-5-17(10)6-8(15-9)16-11/h4-6,16H,2-3,11H2,1H3,(H,12,18)(H,13,15).